The molecule has 0 radical (unpaired) electrons. The Balaban J connectivity index is 2.00. The highest BCUT2D eigenvalue weighted by molar-refractivity contribution is 6.03. The van der Waals surface area contributed by atoms with Crippen LogP contribution in [0.3, 0.4) is 0 Å². The summed E-state index contributed by atoms with van der Waals surface area (Å²) in [5.41, 5.74) is 6.34. The van der Waals surface area contributed by atoms with E-state index in [1.165, 1.54) is 31.7 Å². The van der Waals surface area contributed by atoms with Crippen molar-refractivity contribution in [2.75, 3.05) is 13.1 Å². The van der Waals surface area contributed by atoms with Gasteiger partial charge in [0.1, 0.15) is 84.3 Å². The van der Waals surface area contributed by atoms with Crippen LogP contribution in [0.25, 0.3) is 0 Å². The van der Waals surface area contributed by atoms with Crippen LogP contribution in [0.15, 0.2) is 42.1 Å². The molecule has 0 bridgehead atoms. The Labute approximate surface area is 620 Å². The van der Waals surface area contributed by atoms with Crippen molar-refractivity contribution in [1.82, 2.24) is 68.7 Å². The Kier molecular flexibility index (Phi) is 37.8. The van der Waals surface area contributed by atoms with Crippen molar-refractivity contribution in [2.45, 2.75) is 280 Å². The van der Waals surface area contributed by atoms with Crippen LogP contribution in [0.5, 0.6) is 0 Å². The minimum Gasteiger partial charge on any atom is -0.458 e. The maximum absolute atomic E-state index is 15.0. The van der Waals surface area contributed by atoms with Crippen molar-refractivity contribution in [3.05, 3.63) is 47.7 Å². The second kappa shape index (κ2) is 43.8. The number of nitrogens with zero attached hydrogens (tertiary/aromatic N) is 1. The SMILES string of the molecule is C/C=C1\NC(=O)[C@H](Cc2ccccc2)NC(=O)[C@@H](C(C)C)NC(=O)[C@H]([C@@H](C)CC)NC(=O)[C@@H](NC(=O)[C@H](NC(=O)[C@H](CCCN)NC(=O)[C@H]2CCCN2C(=O)[C@H](NC(=O)[C@@H](NC(=O)[C@@H](NC(=O)[C@H](NC(=O)CCCC(C)C)C(C)C)[C@@H](C)O)C(C)C)C(C)C)[C@@H](C)CC)[C@@H](C)OC(=O)[C@H](C(C)C)NC1=O. The third-order valence-corrected chi connectivity index (χ3v) is 19.3. The highest BCUT2D eigenvalue weighted by atomic mass is 16.5. The monoisotopic (exact) mass is 1480 g/mol. The van der Waals surface area contributed by atoms with Crippen LogP contribution in [0.1, 0.15) is 195 Å². The van der Waals surface area contributed by atoms with E-state index < -0.39 is 203 Å². The lowest BCUT2D eigenvalue weighted by molar-refractivity contribution is -0.157. The zero-order valence-corrected chi connectivity index (χ0v) is 65.2. The molecule has 0 saturated carbocycles. The second-order valence-corrected chi connectivity index (χ2v) is 30.2. The number of carbonyl (C=O) groups is 14. The van der Waals surface area contributed by atoms with Gasteiger partial charge in [-0.25, -0.2) is 4.79 Å². The number of likely N-dealkylation sites (tertiary alicyclic amines) is 1. The Hall–Kier alpha value is -8.54. The van der Waals surface area contributed by atoms with E-state index >= 15 is 9.59 Å². The van der Waals surface area contributed by atoms with E-state index in [0.717, 1.165) is 6.42 Å². The molecule has 3 rings (SSSR count). The fourth-order valence-electron chi connectivity index (χ4n) is 12.1. The third-order valence-electron chi connectivity index (χ3n) is 19.3. The largest absolute Gasteiger partial charge is 0.458 e. The molecule has 105 heavy (non-hydrogen) atoms. The van der Waals surface area contributed by atoms with E-state index in [4.69, 9.17) is 10.5 Å². The minimum absolute atomic E-state index is 0.0355. The van der Waals surface area contributed by atoms with Crippen molar-refractivity contribution >= 4 is 82.8 Å². The Bertz CT molecular complexity index is 3160. The molecular formula is C75H124N14O16. The van der Waals surface area contributed by atoms with E-state index in [1.54, 1.807) is 127 Å². The maximum atomic E-state index is 15.0. The number of rotatable bonds is 33. The first-order chi connectivity index (χ1) is 49.2. The summed E-state index contributed by atoms with van der Waals surface area (Å²) < 4.78 is 5.96. The van der Waals surface area contributed by atoms with Gasteiger partial charge < -0.3 is 84.3 Å². The summed E-state index contributed by atoms with van der Waals surface area (Å²) in [6.07, 6.45) is 1.02. The van der Waals surface area contributed by atoms with Gasteiger partial charge in [-0.3, -0.25) is 62.3 Å². The first-order valence-electron chi connectivity index (χ1n) is 37.5. The summed E-state index contributed by atoms with van der Waals surface area (Å²) in [5, 5.41) is 43.2. The zero-order valence-electron chi connectivity index (χ0n) is 65.2. The smallest absolute Gasteiger partial charge is 0.329 e. The molecule has 0 unspecified atom stereocenters. The van der Waals surface area contributed by atoms with Gasteiger partial charge in [-0.15, -0.1) is 0 Å². The molecule has 0 spiro atoms. The van der Waals surface area contributed by atoms with Gasteiger partial charge in [0.25, 0.3) is 5.91 Å². The minimum atomic E-state index is -1.83. The number of aliphatic hydroxyl groups is 1. The van der Waals surface area contributed by atoms with E-state index in [-0.39, 0.29) is 63.2 Å². The predicted octanol–water partition coefficient (Wildman–Crippen LogP) is 1.84. The van der Waals surface area contributed by atoms with Crippen molar-refractivity contribution in [3.63, 3.8) is 0 Å². The number of nitrogens with one attached hydrogen (secondary N) is 12. The molecule has 2 heterocycles. The molecule has 2 aliphatic heterocycles. The molecule has 2 aliphatic rings. The molecule has 30 heteroatoms. The van der Waals surface area contributed by atoms with Crippen LogP contribution in [0, 0.1) is 47.3 Å². The Morgan fingerprint density at radius 1 is 0.610 bits per heavy atom. The predicted molar refractivity (Wildman–Crippen MR) is 395 cm³/mol. The van der Waals surface area contributed by atoms with Crippen molar-refractivity contribution < 1.29 is 77.0 Å². The summed E-state index contributed by atoms with van der Waals surface area (Å²) in [6, 6.07) is -7.67. The zero-order chi connectivity index (χ0) is 79.4. The molecule has 16 atom stereocenters. The van der Waals surface area contributed by atoms with Crippen LogP contribution < -0.4 is 69.5 Å². The van der Waals surface area contributed by atoms with Gasteiger partial charge in [0.2, 0.25) is 70.9 Å². The number of ether oxygens (including phenoxy) is 1. The number of amides is 13. The van der Waals surface area contributed by atoms with Gasteiger partial charge in [0.15, 0.2) is 0 Å². The van der Waals surface area contributed by atoms with E-state index in [9.17, 15) is 62.6 Å². The first-order valence-corrected chi connectivity index (χ1v) is 37.5. The fourth-order valence-corrected chi connectivity index (χ4v) is 12.1. The van der Waals surface area contributed by atoms with Crippen molar-refractivity contribution in [2.24, 2.45) is 53.1 Å². The summed E-state index contributed by atoms with van der Waals surface area (Å²) in [4.78, 5) is 202. The maximum Gasteiger partial charge on any atom is 0.329 e. The molecule has 2 saturated heterocycles. The Morgan fingerprint density at radius 3 is 1.69 bits per heavy atom. The van der Waals surface area contributed by atoms with E-state index in [1.807, 2.05) is 13.8 Å². The topological polar surface area (TPSA) is 442 Å². The van der Waals surface area contributed by atoms with E-state index in [2.05, 4.69) is 63.8 Å². The average molecular weight is 1480 g/mol. The lowest BCUT2D eigenvalue weighted by Crippen LogP contribution is -2.64. The Morgan fingerprint density at radius 2 is 1.15 bits per heavy atom. The van der Waals surface area contributed by atoms with Crippen LogP contribution in [0.2, 0.25) is 0 Å². The number of hydrogen-bond donors (Lipinski definition) is 14. The first kappa shape index (κ1) is 90.7. The number of aliphatic hydroxyl groups excluding tert-OH is 1. The highest BCUT2D eigenvalue weighted by Gasteiger charge is 2.44. The average Bonchev–Trinajstić information content (AvgIpc) is 1.79. The molecule has 2 fully saturated rings. The van der Waals surface area contributed by atoms with Gasteiger partial charge >= 0.3 is 5.97 Å². The van der Waals surface area contributed by atoms with E-state index in [0.29, 0.717) is 30.7 Å². The molecule has 15 N–H and O–H groups in total. The van der Waals surface area contributed by atoms with Crippen molar-refractivity contribution in [1.29, 1.82) is 0 Å². The number of cyclic esters (lactones) is 1. The summed E-state index contributed by atoms with van der Waals surface area (Å²) >= 11 is 0. The summed E-state index contributed by atoms with van der Waals surface area (Å²) in [5.74, 6) is -15.1. The molecule has 0 aliphatic carbocycles. The molecule has 590 valence electrons. The molecule has 1 aromatic rings. The quantitative estimate of drug-likeness (QED) is 0.0353. The number of esters is 1. The molecule has 30 nitrogen and oxygen atoms in total. The van der Waals surface area contributed by atoms with Crippen LogP contribution in [0.4, 0.5) is 0 Å². The second-order valence-electron chi connectivity index (χ2n) is 30.2. The van der Waals surface area contributed by atoms with Gasteiger partial charge in [0, 0.05) is 19.4 Å². The molecule has 13 amide bonds. The van der Waals surface area contributed by atoms with Gasteiger partial charge in [0.05, 0.1) is 6.10 Å². The lowest BCUT2D eigenvalue weighted by Gasteiger charge is -2.33. The van der Waals surface area contributed by atoms with Gasteiger partial charge in [-0.05, 0) is 112 Å². The highest BCUT2D eigenvalue weighted by Crippen LogP contribution is 2.23. The third kappa shape index (κ3) is 27.7. The molecule has 1 aromatic carbocycles. The molecule has 0 aromatic heterocycles. The standard InChI is InChI=1S/C75H124N14O16/c1-20-44(16)59(71(100)88-62-47(19)105-75(104)58(43(14)15)84-63(92)49(22-3)77-65(94)51(37-48-30-24-23-25-31-48)79-67(96)55(40(8)9)81-70(99)60(45(17)21-2)86-73(62)102)85-64(93)50(32-27-35-76)78-66(95)52-33-28-36-89(52)74(103)57(42(12)13)83-69(98)56(41(10)11)82-72(101)61(46(18)90)87-68(97)54(39(6)7)80-53(91)34-26-29-38(4)5/h22-25,30-31,38-47,50-52,54-62,90H,20-21,26-29,32-37,76H2,1-19H3,(H,77,94)(H,78,95)(H,79,96)(H,80,91)(H,81,99)(H,82,101)(H,83,98)(H,84,92)(H,85,93)(H,86,102)(H,87,97)(H,88,100)/b49-22-/t44-,45-,46+,47+,50-,51-,52+,54+,55+,56-,57+,58-,59+,60-,61-,62-/m0/s1. The number of benzene rings is 1. The normalized spacial score (nSPS) is 22.6. The van der Waals surface area contributed by atoms with Gasteiger partial charge in [-0.1, -0.05) is 166 Å². The lowest BCUT2D eigenvalue weighted by atomic mass is 9.95. The number of hydrogen-bond acceptors (Lipinski definition) is 17. The van der Waals surface area contributed by atoms with Crippen LogP contribution >= 0.6 is 0 Å². The summed E-state index contributed by atoms with van der Waals surface area (Å²) in [7, 11) is 0. The fraction of sp³-hybridized carbons (Fsp3) is 0.707. The van der Waals surface area contributed by atoms with Crippen LogP contribution in [-0.4, -0.2) is 191 Å². The molecular weight excluding hydrogens is 1350 g/mol. The number of nitrogens with two attached hydrogens (primary N) is 1. The van der Waals surface area contributed by atoms with Gasteiger partial charge in [-0.2, -0.15) is 0 Å². The van der Waals surface area contributed by atoms with Crippen molar-refractivity contribution in [3.8, 4) is 0 Å². The number of allylic oxidation sites excluding steroid dienone is 1. The summed E-state index contributed by atoms with van der Waals surface area (Å²) in [6.45, 7) is 31.8. The van der Waals surface area contributed by atoms with Crippen LogP contribution in [-0.2, 0) is 78.3 Å². The number of carbonyl (C=O) groups excluding carboxylic acids is 14.